The third kappa shape index (κ3) is 2.17. The minimum Gasteiger partial charge on any atom is -0.385 e. The predicted octanol–water partition coefficient (Wildman–Crippen LogP) is 2.65. The first-order valence-electron chi connectivity index (χ1n) is 5.19. The van der Waals surface area contributed by atoms with Gasteiger partial charge in [-0.3, -0.25) is 0 Å². The average molecular weight is 227 g/mol. The highest BCUT2D eigenvalue weighted by Crippen LogP contribution is 2.35. The van der Waals surface area contributed by atoms with Crippen molar-refractivity contribution in [2.75, 3.05) is 13.2 Å². The summed E-state index contributed by atoms with van der Waals surface area (Å²) < 4.78 is 5.26. The molecule has 0 unspecified atom stereocenters. The number of aryl methyl sites for hydroxylation is 1. The van der Waals surface area contributed by atoms with Crippen molar-refractivity contribution in [1.29, 1.82) is 0 Å². The number of hydrogen-bond acceptors (Lipinski definition) is 2. The van der Waals surface area contributed by atoms with E-state index in [1.54, 1.807) is 0 Å². The van der Waals surface area contributed by atoms with Gasteiger partial charge in [0, 0.05) is 31.1 Å². The van der Waals surface area contributed by atoms with Crippen LogP contribution in [-0.4, -0.2) is 18.3 Å². The summed E-state index contributed by atoms with van der Waals surface area (Å²) in [5, 5.41) is 11.2. The Morgan fingerprint density at radius 2 is 2.00 bits per heavy atom. The van der Waals surface area contributed by atoms with E-state index < -0.39 is 5.60 Å². The lowest BCUT2D eigenvalue weighted by Crippen LogP contribution is -2.34. The summed E-state index contributed by atoms with van der Waals surface area (Å²) in [7, 11) is 0. The first-order chi connectivity index (χ1) is 7.12. The fraction of sp³-hybridized carbons (Fsp3) is 0.500. The molecule has 0 aromatic heterocycles. The minimum absolute atomic E-state index is 0.614. The summed E-state index contributed by atoms with van der Waals surface area (Å²) >= 11 is 5.96. The molecule has 1 saturated heterocycles. The number of halogens is 1. The topological polar surface area (TPSA) is 29.5 Å². The van der Waals surface area contributed by atoms with Gasteiger partial charge in [-0.2, -0.15) is 0 Å². The second kappa shape index (κ2) is 4.12. The smallest absolute Gasteiger partial charge is 0.0943 e. The molecule has 0 spiro atoms. The van der Waals surface area contributed by atoms with Gasteiger partial charge in [-0.15, -0.1) is 0 Å². The molecule has 1 aromatic carbocycles. The molecule has 2 nitrogen and oxygen atoms in total. The van der Waals surface area contributed by atoms with Crippen molar-refractivity contribution < 1.29 is 9.84 Å². The van der Waals surface area contributed by atoms with Crippen molar-refractivity contribution in [2.45, 2.75) is 25.4 Å². The van der Waals surface area contributed by atoms with Crippen LogP contribution in [0.3, 0.4) is 0 Å². The quantitative estimate of drug-likeness (QED) is 0.798. The summed E-state index contributed by atoms with van der Waals surface area (Å²) in [6.07, 6.45) is 1.29. The van der Waals surface area contributed by atoms with Crippen molar-refractivity contribution in [3.8, 4) is 0 Å². The zero-order chi connectivity index (χ0) is 10.9. The SMILES string of the molecule is Cc1ccc(Cl)cc1C1(O)CCOCC1. The maximum atomic E-state index is 10.5. The number of benzene rings is 1. The zero-order valence-electron chi connectivity index (χ0n) is 8.79. The van der Waals surface area contributed by atoms with Gasteiger partial charge in [-0.1, -0.05) is 17.7 Å². The van der Waals surface area contributed by atoms with Gasteiger partial charge in [0.15, 0.2) is 0 Å². The van der Waals surface area contributed by atoms with E-state index in [2.05, 4.69) is 0 Å². The fourth-order valence-corrected chi connectivity index (χ4v) is 2.25. The summed E-state index contributed by atoms with van der Waals surface area (Å²) in [6.45, 7) is 3.23. The molecule has 1 N–H and O–H groups in total. The monoisotopic (exact) mass is 226 g/mol. The Morgan fingerprint density at radius 1 is 1.33 bits per heavy atom. The van der Waals surface area contributed by atoms with Crippen molar-refractivity contribution in [1.82, 2.24) is 0 Å². The van der Waals surface area contributed by atoms with Crippen LogP contribution in [0.5, 0.6) is 0 Å². The molecule has 0 amide bonds. The summed E-state index contributed by atoms with van der Waals surface area (Å²) in [5.41, 5.74) is 1.27. The van der Waals surface area contributed by atoms with E-state index in [1.165, 1.54) is 0 Å². The van der Waals surface area contributed by atoms with Crippen LogP contribution in [0, 0.1) is 6.92 Å². The number of hydrogen-bond donors (Lipinski definition) is 1. The average Bonchev–Trinajstić information content (AvgIpc) is 2.23. The third-order valence-electron chi connectivity index (χ3n) is 3.02. The molecule has 1 aromatic rings. The van der Waals surface area contributed by atoms with E-state index in [0.29, 0.717) is 31.1 Å². The fourth-order valence-electron chi connectivity index (χ4n) is 2.07. The Labute approximate surface area is 94.8 Å². The van der Waals surface area contributed by atoms with E-state index in [0.717, 1.165) is 11.1 Å². The normalized spacial score (nSPS) is 20.2. The van der Waals surface area contributed by atoms with E-state index >= 15 is 0 Å². The molecule has 0 atom stereocenters. The molecular formula is C12H15ClO2. The molecule has 1 heterocycles. The van der Waals surface area contributed by atoms with E-state index in [1.807, 2.05) is 25.1 Å². The Morgan fingerprint density at radius 3 is 2.67 bits per heavy atom. The van der Waals surface area contributed by atoms with Crippen LogP contribution in [0.1, 0.15) is 24.0 Å². The van der Waals surface area contributed by atoms with E-state index in [9.17, 15) is 5.11 Å². The first kappa shape index (κ1) is 10.9. The maximum Gasteiger partial charge on any atom is 0.0943 e. The Bertz CT molecular complexity index is 357. The summed E-state index contributed by atoms with van der Waals surface area (Å²) in [5.74, 6) is 0. The van der Waals surface area contributed by atoms with Crippen LogP contribution in [0.2, 0.25) is 5.02 Å². The summed E-state index contributed by atoms with van der Waals surface area (Å²) in [4.78, 5) is 0. The molecule has 0 saturated carbocycles. The van der Waals surface area contributed by atoms with Crippen molar-refractivity contribution >= 4 is 11.6 Å². The molecule has 1 aliphatic heterocycles. The highest BCUT2D eigenvalue weighted by atomic mass is 35.5. The molecule has 2 rings (SSSR count). The van der Waals surface area contributed by atoms with Crippen LogP contribution >= 0.6 is 11.6 Å². The molecule has 1 aliphatic rings. The predicted molar refractivity (Wildman–Crippen MR) is 60.1 cm³/mol. The third-order valence-corrected chi connectivity index (χ3v) is 3.26. The van der Waals surface area contributed by atoms with Gasteiger partial charge in [-0.25, -0.2) is 0 Å². The lowest BCUT2D eigenvalue weighted by molar-refractivity contribution is -0.0682. The van der Waals surface area contributed by atoms with Gasteiger partial charge < -0.3 is 9.84 Å². The second-order valence-corrected chi connectivity index (χ2v) is 4.54. The highest BCUT2D eigenvalue weighted by Gasteiger charge is 2.32. The number of rotatable bonds is 1. The molecule has 0 radical (unpaired) electrons. The van der Waals surface area contributed by atoms with E-state index in [4.69, 9.17) is 16.3 Å². The Balaban J connectivity index is 2.38. The molecule has 0 bridgehead atoms. The van der Waals surface area contributed by atoms with Crippen LogP contribution in [0.25, 0.3) is 0 Å². The largest absolute Gasteiger partial charge is 0.385 e. The summed E-state index contributed by atoms with van der Waals surface area (Å²) in [6, 6.07) is 5.66. The number of ether oxygens (including phenoxy) is 1. The molecule has 1 fully saturated rings. The molecule has 82 valence electrons. The Kier molecular flexibility index (Phi) is 3.01. The molecule has 15 heavy (non-hydrogen) atoms. The highest BCUT2D eigenvalue weighted by molar-refractivity contribution is 6.30. The van der Waals surface area contributed by atoms with Crippen molar-refractivity contribution in [3.05, 3.63) is 34.3 Å². The van der Waals surface area contributed by atoms with Gasteiger partial charge in [0.2, 0.25) is 0 Å². The number of aliphatic hydroxyl groups is 1. The van der Waals surface area contributed by atoms with Crippen LogP contribution < -0.4 is 0 Å². The van der Waals surface area contributed by atoms with Gasteiger partial charge in [0.25, 0.3) is 0 Å². The van der Waals surface area contributed by atoms with Gasteiger partial charge >= 0.3 is 0 Å². The first-order valence-corrected chi connectivity index (χ1v) is 5.56. The van der Waals surface area contributed by atoms with Crippen LogP contribution in [-0.2, 0) is 10.3 Å². The molecule has 3 heteroatoms. The molecule has 0 aliphatic carbocycles. The van der Waals surface area contributed by atoms with Crippen LogP contribution in [0.15, 0.2) is 18.2 Å². The van der Waals surface area contributed by atoms with Gasteiger partial charge in [-0.05, 0) is 30.2 Å². The minimum atomic E-state index is -0.757. The van der Waals surface area contributed by atoms with Crippen LogP contribution in [0.4, 0.5) is 0 Å². The maximum absolute atomic E-state index is 10.5. The lowest BCUT2D eigenvalue weighted by Gasteiger charge is -2.33. The lowest BCUT2D eigenvalue weighted by atomic mass is 9.84. The zero-order valence-corrected chi connectivity index (χ0v) is 9.55. The van der Waals surface area contributed by atoms with Crippen molar-refractivity contribution in [2.24, 2.45) is 0 Å². The second-order valence-electron chi connectivity index (χ2n) is 4.10. The van der Waals surface area contributed by atoms with Gasteiger partial charge in [0.05, 0.1) is 5.60 Å². The standard InChI is InChI=1S/C12H15ClO2/c1-9-2-3-10(13)8-11(9)12(14)4-6-15-7-5-12/h2-3,8,14H,4-7H2,1H3. The van der Waals surface area contributed by atoms with Crippen molar-refractivity contribution in [3.63, 3.8) is 0 Å². The Hall–Kier alpha value is -0.570. The van der Waals surface area contributed by atoms with E-state index in [-0.39, 0.29) is 0 Å². The van der Waals surface area contributed by atoms with Gasteiger partial charge in [0.1, 0.15) is 0 Å². The molecular weight excluding hydrogens is 212 g/mol.